The zero-order valence-corrected chi connectivity index (χ0v) is 13.2. The van der Waals surface area contributed by atoms with Crippen LogP contribution in [-0.4, -0.2) is 22.1 Å². The van der Waals surface area contributed by atoms with Gasteiger partial charge in [-0.1, -0.05) is 27.7 Å². The Morgan fingerprint density at radius 3 is 2.25 bits per heavy atom. The van der Waals surface area contributed by atoms with Crippen LogP contribution in [0.25, 0.3) is 0 Å². The van der Waals surface area contributed by atoms with Crippen molar-refractivity contribution >= 4 is 5.95 Å². The molecule has 0 atom stereocenters. The van der Waals surface area contributed by atoms with Crippen molar-refractivity contribution < 1.29 is 4.74 Å². The van der Waals surface area contributed by atoms with E-state index in [0.717, 1.165) is 37.4 Å². The molecule has 5 nitrogen and oxygen atoms in total. The maximum atomic E-state index is 5.89. The van der Waals surface area contributed by atoms with Gasteiger partial charge in [0, 0.05) is 12.5 Å². The zero-order valence-electron chi connectivity index (χ0n) is 13.2. The summed E-state index contributed by atoms with van der Waals surface area (Å²) in [5.74, 6) is 2.45. The van der Waals surface area contributed by atoms with Crippen LogP contribution in [-0.2, 0) is 15.8 Å². The minimum atomic E-state index is -0.399. The van der Waals surface area contributed by atoms with Gasteiger partial charge in [0.05, 0.1) is 0 Å². The van der Waals surface area contributed by atoms with Crippen LogP contribution >= 0.6 is 0 Å². The number of hydrogen-bond donors (Lipinski definition) is 1. The minimum absolute atomic E-state index is 0.150. The molecule has 0 radical (unpaired) electrons. The van der Waals surface area contributed by atoms with E-state index in [9.17, 15) is 0 Å². The standard InChI is InChI=1S/C15H26N4O/c1-10-6-8-15(20-5,9-7-10)12-17-11(14(2,3)4)18-13(16)19-12/h10H,6-9H2,1-5H3,(H2,16,17,18,19). The number of hydrogen-bond acceptors (Lipinski definition) is 5. The number of nitrogens with two attached hydrogens (primary N) is 1. The minimum Gasteiger partial charge on any atom is -0.370 e. The SMILES string of the molecule is COC1(c2nc(N)nc(C(C)(C)C)n2)CCC(C)CC1. The van der Waals surface area contributed by atoms with Gasteiger partial charge in [0.2, 0.25) is 5.95 Å². The molecule has 2 N–H and O–H groups in total. The Kier molecular flexibility index (Phi) is 4.00. The van der Waals surface area contributed by atoms with E-state index in [2.05, 4.69) is 42.6 Å². The Labute approximate surface area is 121 Å². The second-order valence-electron chi connectivity index (χ2n) is 6.97. The molecule has 1 saturated carbocycles. The first kappa shape index (κ1) is 15.2. The second kappa shape index (κ2) is 5.28. The molecule has 2 rings (SSSR count). The summed E-state index contributed by atoms with van der Waals surface area (Å²) >= 11 is 0. The van der Waals surface area contributed by atoms with Crippen LogP contribution in [0.3, 0.4) is 0 Å². The third-order valence-corrected chi connectivity index (χ3v) is 4.20. The predicted molar refractivity (Wildman–Crippen MR) is 79.3 cm³/mol. The van der Waals surface area contributed by atoms with Crippen molar-refractivity contribution in [3.05, 3.63) is 11.6 Å². The molecule has 1 aliphatic rings. The summed E-state index contributed by atoms with van der Waals surface area (Å²) in [6.45, 7) is 8.51. The van der Waals surface area contributed by atoms with E-state index in [0.29, 0.717) is 5.82 Å². The van der Waals surface area contributed by atoms with Gasteiger partial charge in [0.25, 0.3) is 0 Å². The molecular formula is C15H26N4O. The molecule has 0 unspecified atom stereocenters. The highest BCUT2D eigenvalue weighted by Gasteiger charge is 2.39. The molecule has 1 aliphatic carbocycles. The number of nitrogens with zero attached hydrogens (tertiary/aromatic N) is 3. The molecule has 0 bridgehead atoms. The first-order valence-corrected chi connectivity index (χ1v) is 7.34. The first-order chi connectivity index (χ1) is 9.27. The van der Waals surface area contributed by atoms with Crippen LogP contribution in [0.5, 0.6) is 0 Å². The highest BCUT2D eigenvalue weighted by molar-refractivity contribution is 5.22. The number of rotatable bonds is 2. The van der Waals surface area contributed by atoms with Crippen molar-refractivity contribution in [3.8, 4) is 0 Å². The average Bonchev–Trinajstić information content (AvgIpc) is 2.38. The zero-order chi connectivity index (χ0) is 15.0. The fraction of sp³-hybridized carbons (Fsp3) is 0.800. The predicted octanol–water partition coefficient (Wildman–Crippen LogP) is 2.80. The molecule has 0 aliphatic heterocycles. The van der Waals surface area contributed by atoms with E-state index in [4.69, 9.17) is 10.5 Å². The van der Waals surface area contributed by atoms with Crippen LogP contribution in [0.15, 0.2) is 0 Å². The van der Waals surface area contributed by atoms with Crippen LogP contribution in [0.2, 0.25) is 0 Å². The van der Waals surface area contributed by atoms with Gasteiger partial charge >= 0.3 is 0 Å². The highest BCUT2D eigenvalue weighted by Crippen LogP contribution is 2.41. The van der Waals surface area contributed by atoms with Gasteiger partial charge in [-0.05, 0) is 31.6 Å². The van der Waals surface area contributed by atoms with Crippen molar-refractivity contribution in [2.24, 2.45) is 5.92 Å². The van der Waals surface area contributed by atoms with Gasteiger partial charge in [-0.15, -0.1) is 0 Å². The number of nitrogen functional groups attached to an aromatic ring is 1. The molecule has 1 aromatic heterocycles. The number of methoxy groups -OCH3 is 1. The molecule has 1 fully saturated rings. The van der Waals surface area contributed by atoms with Gasteiger partial charge in [-0.2, -0.15) is 9.97 Å². The Bertz CT molecular complexity index is 473. The lowest BCUT2D eigenvalue weighted by molar-refractivity contribution is -0.0600. The molecular weight excluding hydrogens is 252 g/mol. The summed E-state index contributed by atoms with van der Waals surface area (Å²) in [5, 5.41) is 0. The van der Waals surface area contributed by atoms with Crippen molar-refractivity contribution in [3.63, 3.8) is 0 Å². The molecule has 5 heteroatoms. The number of aromatic nitrogens is 3. The monoisotopic (exact) mass is 278 g/mol. The number of anilines is 1. The molecule has 0 saturated heterocycles. The van der Waals surface area contributed by atoms with Gasteiger partial charge in [-0.3, -0.25) is 0 Å². The third kappa shape index (κ3) is 2.92. The normalized spacial score (nSPS) is 27.6. The molecule has 20 heavy (non-hydrogen) atoms. The molecule has 1 heterocycles. The Balaban J connectivity index is 2.42. The van der Waals surface area contributed by atoms with Crippen molar-refractivity contribution in [1.29, 1.82) is 0 Å². The largest absolute Gasteiger partial charge is 0.370 e. The lowest BCUT2D eigenvalue weighted by Gasteiger charge is -2.37. The second-order valence-corrected chi connectivity index (χ2v) is 6.97. The molecule has 112 valence electrons. The van der Waals surface area contributed by atoms with E-state index in [1.165, 1.54) is 0 Å². The summed E-state index contributed by atoms with van der Waals surface area (Å²) in [6.07, 6.45) is 4.14. The fourth-order valence-corrected chi connectivity index (χ4v) is 2.68. The Hall–Kier alpha value is -1.23. The van der Waals surface area contributed by atoms with E-state index in [-0.39, 0.29) is 11.4 Å². The van der Waals surface area contributed by atoms with Crippen LogP contribution < -0.4 is 5.73 Å². The van der Waals surface area contributed by atoms with Crippen LogP contribution in [0.1, 0.15) is 65.0 Å². The molecule has 1 aromatic rings. The van der Waals surface area contributed by atoms with E-state index >= 15 is 0 Å². The summed E-state index contributed by atoms with van der Waals surface area (Å²) in [6, 6.07) is 0. The highest BCUT2D eigenvalue weighted by atomic mass is 16.5. The van der Waals surface area contributed by atoms with Crippen LogP contribution in [0, 0.1) is 5.92 Å². The van der Waals surface area contributed by atoms with E-state index < -0.39 is 5.60 Å². The summed E-state index contributed by atoms with van der Waals surface area (Å²) in [5.41, 5.74) is 5.34. The topological polar surface area (TPSA) is 73.9 Å². The third-order valence-electron chi connectivity index (χ3n) is 4.20. The number of ether oxygens (including phenoxy) is 1. The molecule has 0 aromatic carbocycles. The lowest BCUT2D eigenvalue weighted by atomic mass is 9.79. The fourth-order valence-electron chi connectivity index (χ4n) is 2.68. The smallest absolute Gasteiger partial charge is 0.223 e. The van der Waals surface area contributed by atoms with E-state index in [1.54, 1.807) is 7.11 Å². The Morgan fingerprint density at radius 2 is 1.75 bits per heavy atom. The summed E-state index contributed by atoms with van der Waals surface area (Å²) < 4.78 is 5.83. The van der Waals surface area contributed by atoms with Crippen molar-refractivity contribution in [2.75, 3.05) is 12.8 Å². The van der Waals surface area contributed by atoms with Crippen molar-refractivity contribution in [1.82, 2.24) is 15.0 Å². The van der Waals surface area contributed by atoms with E-state index in [1.807, 2.05) is 0 Å². The van der Waals surface area contributed by atoms with Gasteiger partial charge in [-0.25, -0.2) is 4.98 Å². The average molecular weight is 278 g/mol. The van der Waals surface area contributed by atoms with Gasteiger partial charge in [0.15, 0.2) is 5.82 Å². The lowest BCUT2D eigenvalue weighted by Crippen LogP contribution is -2.36. The van der Waals surface area contributed by atoms with Gasteiger partial charge < -0.3 is 10.5 Å². The maximum Gasteiger partial charge on any atom is 0.223 e. The first-order valence-electron chi connectivity index (χ1n) is 7.34. The Morgan fingerprint density at radius 1 is 1.15 bits per heavy atom. The van der Waals surface area contributed by atoms with Crippen molar-refractivity contribution in [2.45, 2.75) is 64.4 Å². The molecule has 0 spiro atoms. The maximum absolute atomic E-state index is 5.89. The van der Waals surface area contributed by atoms with Crippen LogP contribution in [0.4, 0.5) is 5.95 Å². The van der Waals surface area contributed by atoms with Gasteiger partial charge in [0.1, 0.15) is 11.4 Å². The summed E-state index contributed by atoms with van der Waals surface area (Å²) in [4.78, 5) is 13.3. The summed E-state index contributed by atoms with van der Waals surface area (Å²) in [7, 11) is 1.74. The molecule has 0 amide bonds. The quantitative estimate of drug-likeness (QED) is 0.900.